The lowest BCUT2D eigenvalue weighted by atomic mass is 10.1. The Bertz CT molecular complexity index is 456. The second-order valence-electron chi connectivity index (χ2n) is 3.65. The van der Waals surface area contributed by atoms with Crippen molar-refractivity contribution >= 4 is 27.7 Å². The Balaban J connectivity index is 3.11. The standard InChI is InChI=1S/C13H15BrO4/c1-4-18-13(16)9-5-6-10(11(7-9)17-3)12(14)8(2)15/h5-7,12H,4H2,1-3H3. The molecule has 0 aliphatic rings. The highest BCUT2D eigenvalue weighted by atomic mass is 79.9. The molecule has 1 unspecified atom stereocenters. The highest BCUT2D eigenvalue weighted by Gasteiger charge is 2.19. The van der Waals surface area contributed by atoms with Crippen LogP contribution in [0.4, 0.5) is 0 Å². The normalized spacial score (nSPS) is 11.8. The Labute approximate surface area is 114 Å². The van der Waals surface area contributed by atoms with Gasteiger partial charge in [-0.2, -0.15) is 0 Å². The van der Waals surface area contributed by atoms with E-state index in [9.17, 15) is 9.59 Å². The van der Waals surface area contributed by atoms with Gasteiger partial charge < -0.3 is 9.47 Å². The van der Waals surface area contributed by atoms with Gasteiger partial charge in [-0.1, -0.05) is 22.0 Å². The molecule has 0 bridgehead atoms. The van der Waals surface area contributed by atoms with E-state index in [0.29, 0.717) is 23.5 Å². The van der Waals surface area contributed by atoms with E-state index < -0.39 is 10.8 Å². The van der Waals surface area contributed by atoms with Crippen molar-refractivity contribution in [3.63, 3.8) is 0 Å². The molecule has 0 fully saturated rings. The topological polar surface area (TPSA) is 52.6 Å². The number of ether oxygens (including phenoxy) is 2. The number of rotatable bonds is 5. The molecule has 1 rings (SSSR count). The summed E-state index contributed by atoms with van der Waals surface area (Å²) in [6, 6.07) is 4.88. The largest absolute Gasteiger partial charge is 0.496 e. The van der Waals surface area contributed by atoms with Crippen LogP contribution < -0.4 is 4.74 Å². The van der Waals surface area contributed by atoms with Crippen LogP contribution in [0.2, 0.25) is 0 Å². The molecule has 0 heterocycles. The molecule has 98 valence electrons. The van der Waals surface area contributed by atoms with Crippen LogP contribution in [0.15, 0.2) is 18.2 Å². The summed E-state index contributed by atoms with van der Waals surface area (Å²) in [5.41, 5.74) is 1.10. The van der Waals surface area contributed by atoms with E-state index in [2.05, 4.69) is 15.9 Å². The molecule has 0 saturated carbocycles. The summed E-state index contributed by atoms with van der Waals surface area (Å²) in [7, 11) is 1.49. The zero-order valence-electron chi connectivity index (χ0n) is 10.5. The molecule has 0 saturated heterocycles. The van der Waals surface area contributed by atoms with Crippen molar-refractivity contribution in [1.29, 1.82) is 0 Å². The van der Waals surface area contributed by atoms with Gasteiger partial charge in [-0.25, -0.2) is 4.79 Å². The van der Waals surface area contributed by atoms with Gasteiger partial charge in [-0.3, -0.25) is 4.79 Å². The number of hydrogen-bond donors (Lipinski definition) is 0. The molecule has 4 nitrogen and oxygen atoms in total. The first-order chi connectivity index (χ1) is 8.51. The maximum absolute atomic E-state index is 11.6. The quantitative estimate of drug-likeness (QED) is 0.619. The summed E-state index contributed by atoms with van der Waals surface area (Å²) in [5.74, 6) is 0.0473. The minimum atomic E-state index is -0.441. The van der Waals surface area contributed by atoms with Crippen molar-refractivity contribution in [2.24, 2.45) is 0 Å². The van der Waals surface area contributed by atoms with E-state index in [1.165, 1.54) is 14.0 Å². The number of halogens is 1. The van der Waals surface area contributed by atoms with Gasteiger partial charge in [0, 0.05) is 5.56 Å². The van der Waals surface area contributed by atoms with Crippen molar-refractivity contribution in [1.82, 2.24) is 0 Å². The van der Waals surface area contributed by atoms with Crippen LogP contribution in [0.3, 0.4) is 0 Å². The van der Waals surface area contributed by atoms with Crippen molar-refractivity contribution in [3.05, 3.63) is 29.3 Å². The fourth-order valence-electron chi connectivity index (χ4n) is 1.48. The summed E-state index contributed by atoms with van der Waals surface area (Å²) < 4.78 is 10.1. The third-order valence-corrected chi connectivity index (χ3v) is 3.51. The number of benzene rings is 1. The first-order valence-corrected chi connectivity index (χ1v) is 6.42. The number of alkyl halides is 1. The van der Waals surface area contributed by atoms with Gasteiger partial charge in [-0.05, 0) is 26.0 Å². The monoisotopic (exact) mass is 314 g/mol. The molecule has 1 atom stereocenters. The van der Waals surface area contributed by atoms with Gasteiger partial charge in [0.05, 0.1) is 19.3 Å². The highest BCUT2D eigenvalue weighted by molar-refractivity contribution is 9.09. The van der Waals surface area contributed by atoms with Gasteiger partial charge in [-0.15, -0.1) is 0 Å². The maximum Gasteiger partial charge on any atom is 0.338 e. The predicted octanol–water partition coefficient (Wildman–Crippen LogP) is 2.90. The molecule has 0 aliphatic heterocycles. The van der Waals surface area contributed by atoms with E-state index in [4.69, 9.17) is 9.47 Å². The highest BCUT2D eigenvalue weighted by Crippen LogP contribution is 2.32. The third kappa shape index (κ3) is 3.32. The number of Topliss-reactive ketones (excluding diaryl/α,β-unsaturated/α-hetero) is 1. The molecule has 1 aromatic carbocycles. The molecule has 1 aromatic rings. The van der Waals surface area contributed by atoms with Gasteiger partial charge >= 0.3 is 5.97 Å². The minimum absolute atomic E-state index is 0.0304. The SMILES string of the molecule is CCOC(=O)c1ccc(C(Br)C(C)=O)c(OC)c1. The molecule has 18 heavy (non-hydrogen) atoms. The lowest BCUT2D eigenvalue weighted by Gasteiger charge is -2.13. The van der Waals surface area contributed by atoms with Crippen LogP contribution in [-0.2, 0) is 9.53 Å². The Morgan fingerprint density at radius 3 is 2.56 bits per heavy atom. The second kappa shape index (κ2) is 6.54. The zero-order chi connectivity index (χ0) is 13.7. The van der Waals surface area contributed by atoms with E-state index in [-0.39, 0.29) is 5.78 Å². The fraction of sp³-hybridized carbons (Fsp3) is 0.385. The number of methoxy groups -OCH3 is 1. The van der Waals surface area contributed by atoms with Crippen LogP contribution in [0.5, 0.6) is 5.75 Å². The van der Waals surface area contributed by atoms with Gasteiger partial charge in [0.1, 0.15) is 16.4 Å². The van der Waals surface area contributed by atoms with E-state index in [0.717, 1.165) is 0 Å². The van der Waals surface area contributed by atoms with Gasteiger partial charge in [0.25, 0.3) is 0 Å². The zero-order valence-corrected chi connectivity index (χ0v) is 12.1. The Morgan fingerprint density at radius 1 is 1.39 bits per heavy atom. The molecule has 0 aromatic heterocycles. The average molecular weight is 315 g/mol. The Morgan fingerprint density at radius 2 is 2.06 bits per heavy atom. The number of ketones is 1. The summed E-state index contributed by atoms with van der Waals surface area (Å²) >= 11 is 3.29. The number of esters is 1. The molecule has 0 N–H and O–H groups in total. The number of hydrogen-bond acceptors (Lipinski definition) is 4. The van der Waals surface area contributed by atoms with Crippen LogP contribution in [0.25, 0.3) is 0 Å². The van der Waals surface area contributed by atoms with Gasteiger partial charge in [0.2, 0.25) is 0 Å². The van der Waals surface area contributed by atoms with E-state index in [1.54, 1.807) is 25.1 Å². The number of carbonyl (C=O) groups is 2. The molecular weight excluding hydrogens is 300 g/mol. The van der Waals surface area contributed by atoms with Gasteiger partial charge in [0.15, 0.2) is 0 Å². The molecule has 0 amide bonds. The molecular formula is C13H15BrO4. The summed E-state index contributed by atoms with van der Waals surface area (Å²) in [4.78, 5) is 22.5. The fourth-order valence-corrected chi connectivity index (χ4v) is 1.86. The Hall–Kier alpha value is -1.36. The maximum atomic E-state index is 11.6. The third-order valence-electron chi connectivity index (χ3n) is 2.37. The van der Waals surface area contributed by atoms with Crippen LogP contribution in [-0.4, -0.2) is 25.5 Å². The predicted molar refractivity (Wildman–Crippen MR) is 71.3 cm³/mol. The van der Waals surface area contributed by atoms with Crippen LogP contribution >= 0.6 is 15.9 Å². The summed E-state index contributed by atoms with van der Waals surface area (Å²) in [5, 5.41) is 0. The van der Waals surface area contributed by atoms with E-state index in [1.807, 2.05) is 0 Å². The molecule has 0 aliphatic carbocycles. The Kier molecular flexibility index (Phi) is 5.34. The average Bonchev–Trinajstić information content (AvgIpc) is 2.37. The first kappa shape index (κ1) is 14.7. The summed E-state index contributed by atoms with van der Waals surface area (Å²) in [6.45, 7) is 3.54. The first-order valence-electron chi connectivity index (χ1n) is 5.50. The minimum Gasteiger partial charge on any atom is -0.496 e. The number of carbonyl (C=O) groups excluding carboxylic acids is 2. The molecule has 0 spiro atoms. The van der Waals surface area contributed by atoms with Crippen molar-refractivity contribution in [3.8, 4) is 5.75 Å². The lowest BCUT2D eigenvalue weighted by molar-refractivity contribution is -0.116. The molecule has 5 heteroatoms. The van der Waals surface area contributed by atoms with Crippen molar-refractivity contribution in [2.45, 2.75) is 18.7 Å². The second-order valence-corrected chi connectivity index (χ2v) is 4.57. The lowest BCUT2D eigenvalue weighted by Crippen LogP contribution is -2.08. The van der Waals surface area contributed by atoms with Crippen LogP contribution in [0.1, 0.15) is 34.6 Å². The van der Waals surface area contributed by atoms with Crippen molar-refractivity contribution in [2.75, 3.05) is 13.7 Å². The van der Waals surface area contributed by atoms with Crippen LogP contribution in [0, 0.1) is 0 Å². The summed E-state index contributed by atoms with van der Waals surface area (Å²) in [6.07, 6.45) is 0. The van der Waals surface area contributed by atoms with E-state index >= 15 is 0 Å². The smallest absolute Gasteiger partial charge is 0.338 e. The van der Waals surface area contributed by atoms with Crippen molar-refractivity contribution < 1.29 is 19.1 Å². The molecule has 0 radical (unpaired) electrons.